The number of ether oxygens (including phenoxy) is 6. The molecule has 3 heterocycles. The molecule has 0 aromatic rings. The molecule has 0 amide bonds. The Morgan fingerprint density at radius 3 is 0.714 bits per heavy atom. The van der Waals surface area contributed by atoms with E-state index in [0.29, 0.717) is 19.8 Å². The summed E-state index contributed by atoms with van der Waals surface area (Å²) < 4.78 is 124. The molecule has 0 saturated carbocycles. The van der Waals surface area contributed by atoms with Gasteiger partial charge in [0.15, 0.2) is 0 Å². The van der Waals surface area contributed by atoms with E-state index < -0.39 is 49.7 Å². The van der Waals surface area contributed by atoms with Gasteiger partial charge in [0.1, 0.15) is 0 Å². The molecule has 0 bridgehead atoms. The summed E-state index contributed by atoms with van der Waals surface area (Å²) in [7, 11) is -14.7. The van der Waals surface area contributed by atoms with Gasteiger partial charge in [0, 0.05) is 19.8 Å². The van der Waals surface area contributed by atoms with Gasteiger partial charge in [0.25, 0.3) is 0 Å². The van der Waals surface area contributed by atoms with E-state index in [0.717, 1.165) is 0 Å². The number of hydrogen-bond donors (Lipinski definition) is 3. The van der Waals surface area contributed by atoms with Crippen LogP contribution in [0.3, 0.4) is 0 Å². The molecule has 0 aliphatic carbocycles. The van der Waals surface area contributed by atoms with Crippen LogP contribution in [0.4, 0.5) is 14.4 Å². The molecule has 3 N–H and O–H groups in total. The third-order valence-corrected chi connectivity index (χ3v) is 1.35. The second-order valence-electron chi connectivity index (χ2n) is 3.82. The van der Waals surface area contributed by atoms with Crippen LogP contribution in [0, 0.1) is 19.8 Å². The maximum absolute atomic E-state index is 9.77. The molecule has 3 aliphatic rings. The maximum Gasteiger partial charge on any atom is 3.00 e. The molecule has 0 aromatic heterocycles. The fraction of sp³-hybridized carbons (Fsp3) is 0.333. The van der Waals surface area contributed by atoms with Crippen molar-refractivity contribution in [1.82, 2.24) is 0 Å². The summed E-state index contributed by atoms with van der Waals surface area (Å²) in [6.45, 7) is 4.80. The quantitative estimate of drug-likeness (QED) is 0.0625. The summed E-state index contributed by atoms with van der Waals surface area (Å²) in [5, 5.41) is 0. The predicted octanol–water partition coefficient (Wildman–Crippen LogP) is -2.80. The maximum atomic E-state index is 9.77. The number of carbonyl (C=O) groups excluding carboxylic acids is 3. The van der Waals surface area contributed by atoms with E-state index in [1.807, 2.05) is 0 Å². The van der Waals surface area contributed by atoms with Crippen molar-refractivity contribution in [1.29, 1.82) is 0 Å². The first-order chi connectivity index (χ1) is 14.7. The number of hydrogen-bond acceptors (Lipinski definition) is 18. The molecule has 3 fully saturated rings. The monoisotopic (exact) mass is 606 g/mol. The Morgan fingerprint density at radius 2 is 0.686 bits per heavy atom. The summed E-state index contributed by atoms with van der Waals surface area (Å²) >= 11 is 0. The Labute approximate surface area is 218 Å². The molecule has 3 rings (SSSR count). The van der Waals surface area contributed by atoms with E-state index in [1.54, 1.807) is 0 Å². The van der Waals surface area contributed by atoms with Gasteiger partial charge in [-0.15, -0.1) is 19.8 Å². The van der Waals surface area contributed by atoms with E-state index in [-0.39, 0.29) is 34.7 Å². The van der Waals surface area contributed by atoms with Gasteiger partial charge in [-0.1, -0.05) is 0 Å². The summed E-state index contributed by atoms with van der Waals surface area (Å²) in [5.74, 6) is 0. The van der Waals surface area contributed by atoms with Crippen molar-refractivity contribution in [3.05, 3.63) is 19.8 Å². The predicted molar refractivity (Wildman–Crippen MR) is 98.7 cm³/mol. The number of rotatable bonds is 0. The minimum absolute atomic E-state index is 0. The van der Waals surface area contributed by atoms with Crippen LogP contribution in [0.5, 0.6) is 0 Å². The SMILES string of the molecule is O=C1O[CH-]CO1.O=C1O[CH-]CO1.O=C1O[CH-]CO1.O=S(=O)([O-])O.O=S(=O)([O-])O.O=S(=O)([O-])O.[Al+3].[Al+3]. The Hall–Kier alpha value is -1.52. The normalized spacial score (nSPS) is 15.1. The molecular formula is C9H12Al2O21S3. The molecule has 35 heavy (non-hydrogen) atoms. The standard InChI is InChI=1S/3C3H3O3.2Al.3H2O4S/c3*4-3-5-1-2-6-3;;;3*1-5(2,3)4/h3*1H,2H2;;;3*(H2,1,2,3,4)/q3*-1;2*+3;;;/p-3. The third-order valence-electron chi connectivity index (χ3n) is 1.35. The van der Waals surface area contributed by atoms with Gasteiger partial charge in [-0.05, 0) is 0 Å². The van der Waals surface area contributed by atoms with Crippen molar-refractivity contribution in [2.45, 2.75) is 0 Å². The molecule has 0 unspecified atom stereocenters. The molecule has 0 spiro atoms. The van der Waals surface area contributed by atoms with Gasteiger partial charge in [-0.2, -0.15) is 0 Å². The molecule has 3 aliphatic heterocycles. The summed E-state index contributed by atoms with van der Waals surface area (Å²) in [6.07, 6.45) is -1.81. The second kappa shape index (κ2) is 22.9. The van der Waals surface area contributed by atoms with Crippen molar-refractivity contribution in [2.75, 3.05) is 19.8 Å². The average molecular weight is 606 g/mol. The summed E-state index contributed by atoms with van der Waals surface area (Å²) in [5.41, 5.74) is 0. The van der Waals surface area contributed by atoms with Crippen LogP contribution < -0.4 is 0 Å². The molecule has 198 valence electrons. The molecular weight excluding hydrogens is 594 g/mol. The van der Waals surface area contributed by atoms with Gasteiger partial charge >= 0.3 is 53.2 Å². The van der Waals surface area contributed by atoms with Gasteiger partial charge in [-0.25, -0.2) is 39.6 Å². The van der Waals surface area contributed by atoms with Crippen molar-refractivity contribution in [2.24, 2.45) is 0 Å². The minimum atomic E-state index is -4.92. The van der Waals surface area contributed by atoms with E-state index in [4.69, 9.17) is 52.6 Å². The van der Waals surface area contributed by atoms with Crippen LogP contribution in [0.1, 0.15) is 0 Å². The van der Waals surface area contributed by atoms with Crippen molar-refractivity contribution < 1.29 is 95.4 Å². The number of cyclic esters (lactones) is 6. The topological polar surface area (TPSA) is 339 Å². The van der Waals surface area contributed by atoms with Crippen molar-refractivity contribution >= 4 is 84.4 Å². The van der Waals surface area contributed by atoms with Crippen LogP contribution >= 0.6 is 0 Å². The van der Waals surface area contributed by atoms with E-state index in [9.17, 15) is 14.4 Å². The van der Waals surface area contributed by atoms with Crippen molar-refractivity contribution in [3.8, 4) is 0 Å². The Morgan fingerprint density at radius 1 is 0.543 bits per heavy atom. The smallest absolute Gasteiger partial charge is 0.726 e. The van der Waals surface area contributed by atoms with E-state index in [2.05, 4.69) is 28.4 Å². The van der Waals surface area contributed by atoms with Crippen LogP contribution in [0.2, 0.25) is 0 Å². The second-order valence-corrected chi connectivity index (χ2v) is 6.39. The average Bonchev–Trinajstić information content (AvgIpc) is 3.29. The first-order valence-corrected chi connectivity index (χ1v) is 10.8. The third kappa shape index (κ3) is 79.5. The first-order valence-electron chi connectivity index (χ1n) is 6.68. The molecule has 0 radical (unpaired) electrons. The summed E-state index contributed by atoms with van der Waals surface area (Å²) in [4.78, 5) is 29.3. The molecule has 0 aromatic carbocycles. The fourth-order valence-corrected chi connectivity index (χ4v) is 0.714. The van der Waals surface area contributed by atoms with E-state index in [1.165, 1.54) is 19.8 Å². The minimum Gasteiger partial charge on any atom is -0.726 e. The molecule has 0 atom stereocenters. The Kier molecular flexibility index (Phi) is 28.5. The summed E-state index contributed by atoms with van der Waals surface area (Å²) in [6, 6.07) is 0. The van der Waals surface area contributed by atoms with E-state index >= 15 is 0 Å². The van der Waals surface area contributed by atoms with Gasteiger partial charge in [0.2, 0.25) is 31.2 Å². The first kappa shape index (κ1) is 43.5. The van der Waals surface area contributed by atoms with Gasteiger partial charge in [0.05, 0.1) is 0 Å². The van der Waals surface area contributed by atoms with Gasteiger partial charge in [-0.3, -0.25) is 13.7 Å². The van der Waals surface area contributed by atoms with Crippen LogP contribution in [0.15, 0.2) is 0 Å². The van der Waals surface area contributed by atoms with Crippen LogP contribution in [-0.2, 0) is 59.6 Å². The molecule has 21 nitrogen and oxygen atoms in total. The Balaban J connectivity index is -0.000000102. The zero-order valence-electron chi connectivity index (χ0n) is 16.4. The number of carbonyl (C=O) groups is 3. The molecule has 3 saturated heterocycles. The van der Waals surface area contributed by atoms with Crippen molar-refractivity contribution in [3.63, 3.8) is 0 Å². The zero-order valence-corrected chi connectivity index (χ0v) is 21.2. The van der Waals surface area contributed by atoms with Crippen LogP contribution in [0.25, 0.3) is 0 Å². The van der Waals surface area contributed by atoms with Crippen LogP contribution in [-0.4, -0.2) is 126 Å². The van der Waals surface area contributed by atoms with Gasteiger partial charge < -0.3 is 42.1 Å². The largest absolute Gasteiger partial charge is 3.00 e. The molecule has 26 heteroatoms. The Bertz CT molecular complexity index is 729. The fourth-order valence-electron chi connectivity index (χ4n) is 0.714. The zero-order chi connectivity index (χ0) is 26.7.